The van der Waals surface area contributed by atoms with Gasteiger partial charge < -0.3 is 10.1 Å². The van der Waals surface area contributed by atoms with Crippen LogP contribution < -0.4 is 10.1 Å². The average Bonchev–Trinajstić information content (AvgIpc) is 3.17. The number of hydrogen-bond acceptors (Lipinski definition) is 5. The molecule has 6 nitrogen and oxygen atoms in total. The zero-order chi connectivity index (χ0) is 27.5. The van der Waals surface area contributed by atoms with E-state index in [0.717, 1.165) is 33.7 Å². The number of nitrogens with one attached hydrogen (secondary N) is 1. The first kappa shape index (κ1) is 27.0. The van der Waals surface area contributed by atoms with Gasteiger partial charge in [0.1, 0.15) is 5.75 Å². The lowest BCUT2D eigenvalue weighted by molar-refractivity contribution is -0.123. The molecule has 4 aromatic rings. The number of ether oxygens (including phenoxy) is 1. The van der Waals surface area contributed by atoms with Crippen molar-refractivity contribution in [3.63, 3.8) is 0 Å². The zero-order valence-corrected chi connectivity index (χ0v) is 23.9. The third kappa shape index (κ3) is 6.36. The van der Waals surface area contributed by atoms with Gasteiger partial charge in [-0.05, 0) is 98.5 Å². The molecule has 1 aliphatic rings. The molecule has 4 aromatic carbocycles. The Balaban J connectivity index is 1.22. The van der Waals surface area contributed by atoms with Crippen molar-refractivity contribution < 1.29 is 19.1 Å². The van der Waals surface area contributed by atoms with Crippen LogP contribution in [0.5, 0.6) is 5.75 Å². The predicted octanol–water partition coefficient (Wildman–Crippen LogP) is 7.82. The van der Waals surface area contributed by atoms with Crippen LogP contribution in [0.4, 0.5) is 10.5 Å². The molecule has 9 heteroatoms. The zero-order valence-electron chi connectivity index (χ0n) is 20.7. The van der Waals surface area contributed by atoms with Crippen molar-refractivity contribution in [3.05, 3.63) is 110 Å². The number of fused-ring (bicyclic) bond motifs is 1. The van der Waals surface area contributed by atoms with Gasteiger partial charge in [-0.2, -0.15) is 0 Å². The molecule has 1 N–H and O–H groups in total. The second kappa shape index (κ2) is 11.7. The Hall–Kier alpha value is -3.59. The van der Waals surface area contributed by atoms with E-state index in [4.69, 9.17) is 16.3 Å². The van der Waals surface area contributed by atoms with Crippen molar-refractivity contribution in [2.24, 2.45) is 0 Å². The van der Waals surface area contributed by atoms with Gasteiger partial charge in [0, 0.05) is 10.7 Å². The minimum atomic E-state index is -0.331. The van der Waals surface area contributed by atoms with E-state index in [1.165, 1.54) is 4.90 Å². The highest BCUT2D eigenvalue weighted by Crippen LogP contribution is 2.35. The maximum Gasteiger partial charge on any atom is 0.293 e. The molecular weight excluding hydrogens is 600 g/mol. The lowest BCUT2D eigenvalue weighted by Crippen LogP contribution is -2.27. The van der Waals surface area contributed by atoms with Gasteiger partial charge in [-0.15, -0.1) is 0 Å². The Labute approximate surface area is 243 Å². The van der Waals surface area contributed by atoms with Crippen LogP contribution in [0.2, 0.25) is 5.02 Å². The largest absolute Gasteiger partial charge is 0.483 e. The maximum absolute atomic E-state index is 13.0. The van der Waals surface area contributed by atoms with E-state index in [0.29, 0.717) is 31.4 Å². The number of aryl methyl sites for hydroxylation is 1. The second-order valence-electron chi connectivity index (χ2n) is 8.94. The number of halogens is 2. The number of imide groups is 1. The summed E-state index contributed by atoms with van der Waals surface area (Å²) in [6.45, 7) is 1.90. The molecule has 0 radical (unpaired) electrons. The minimum Gasteiger partial charge on any atom is -0.483 e. The summed E-state index contributed by atoms with van der Waals surface area (Å²) in [5.41, 5.74) is 3.10. The standard InChI is InChI=1S/C30H22BrClN2O4S/c1-18-6-10-23(15-25(18)32)33-28(35)17-38-26-11-8-19(13-24(26)31)14-27-29(36)34(30(37)39-27)16-20-7-9-21-4-2-3-5-22(21)12-20/h2-15H,16-17H2,1H3,(H,33,35)/b27-14-. The number of thioether (sulfide) groups is 1. The highest BCUT2D eigenvalue weighted by molar-refractivity contribution is 9.10. The number of nitrogens with zero attached hydrogens (tertiary/aromatic N) is 1. The van der Waals surface area contributed by atoms with Crippen LogP contribution in [-0.4, -0.2) is 28.6 Å². The van der Waals surface area contributed by atoms with Crippen LogP contribution >= 0.6 is 39.3 Å². The summed E-state index contributed by atoms with van der Waals surface area (Å²) in [7, 11) is 0. The molecule has 196 valence electrons. The molecule has 1 saturated heterocycles. The molecule has 0 bridgehead atoms. The second-order valence-corrected chi connectivity index (χ2v) is 11.2. The summed E-state index contributed by atoms with van der Waals surface area (Å²) in [6.07, 6.45) is 1.67. The van der Waals surface area contributed by atoms with Gasteiger partial charge in [-0.1, -0.05) is 60.1 Å². The molecule has 39 heavy (non-hydrogen) atoms. The van der Waals surface area contributed by atoms with Gasteiger partial charge >= 0.3 is 0 Å². The molecular formula is C30H22BrClN2O4S. The molecule has 0 aromatic heterocycles. The van der Waals surface area contributed by atoms with Crippen molar-refractivity contribution in [2.75, 3.05) is 11.9 Å². The summed E-state index contributed by atoms with van der Waals surface area (Å²) < 4.78 is 6.26. The normalized spacial score (nSPS) is 14.3. The van der Waals surface area contributed by atoms with E-state index >= 15 is 0 Å². The van der Waals surface area contributed by atoms with Crippen molar-refractivity contribution in [1.29, 1.82) is 0 Å². The fourth-order valence-electron chi connectivity index (χ4n) is 4.04. The van der Waals surface area contributed by atoms with Gasteiger partial charge in [0.25, 0.3) is 17.1 Å². The van der Waals surface area contributed by atoms with Crippen LogP contribution in [0.15, 0.2) is 88.2 Å². The number of rotatable bonds is 7. The number of hydrogen-bond donors (Lipinski definition) is 1. The van der Waals surface area contributed by atoms with E-state index in [1.807, 2.05) is 55.5 Å². The molecule has 5 rings (SSSR count). The summed E-state index contributed by atoms with van der Waals surface area (Å²) in [6, 6.07) is 24.4. The molecule has 1 heterocycles. The minimum absolute atomic E-state index is 0.197. The van der Waals surface area contributed by atoms with E-state index < -0.39 is 0 Å². The van der Waals surface area contributed by atoms with Crippen LogP contribution in [0.3, 0.4) is 0 Å². The molecule has 0 spiro atoms. The Morgan fingerprint density at radius 2 is 1.82 bits per heavy atom. The van der Waals surface area contributed by atoms with Gasteiger partial charge in [-0.3, -0.25) is 19.3 Å². The number of amides is 3. The Kier molecular flexibility index (Phi) is 8.07. The van der Waals surface area contributed by atoms with Crippen LogP contribution in [0, 0.1) is 6.92 Å². The fourth-order valence-corrected chi connectivity index (χ4v) is 5.57. The molecule has 1 fully saturated rings. The summed E-state index contributed by atoms with van der Waals surface area (Å²) in [5, 5.41) is 5.17. The van der Waals surface area contributed by atoms with E-state index in [1.54, 1.807) is 36.4 Å². The number of carbonyl (C=O) groups is 3. The molecule has 0 saturated carbocycles. The number of carbonyl (C=O) groups excluding carboxylic acids is 3. The van der Waals surface area contributed by atoms with Crippen molar-refractivity contribution in [2.45, 2.75) is 13.5 Å². The highest BCUT2D eigenvalue weighted by Gasteiger charge is 2.35. The average molecular weight is 622 g/mol. The van der Waals surface area contributed by atoms with Crippen LogP contribution in [0.25, 0.3) is 16.8 Å². The van der Waals surface area contributed by atoms with E-state index in [2.05, 4.69) is 21.2 Å². The van der Waals surface area contributed by atoms with Crippen LogP contribution in [0.1, 0.15) is 16.7 Å². The van der Waals surface area contributed by atoms with E-state index in [9.17, 15) is 14.4 Å². The smallest absolute Gasteiger partial charge is 0.293 e. The van der Waals surface area contributed by atoms with Crippen molar-refractivity contribution in [3.8, 4) is 5.75 Å². The molecule has 0 atom stereocenters. The highest BCUT2D eigenvalue weighted by atomic mass is 79.9. The Morgan fingerprint density at radius 1 is 1.03 bits per heavy atom. The number of anilines is 1. The first-order valence-corrected chi connectivity index (χ1v) is 14.0. The fraction of sp³-hybridized carbons (Fsp3) is 0.100. The van der Waals surface area contributed by atoms with Crippen LogP contribution in [-0.2, 0) is 16.1 Å². The van der Waals surface area contributed by atoms with Gasteiger partial charge in [-0.25, -0.2) is 0 Å². The third-order valence-electron chi connectivity index (χ3n) is 6.10. The SMILES string of the molecule is Cc1ccc(NC(=O)COc2ccc(/C=C3\SC(=O)N(Cc4ccc5ccccc5c4)C3=O)cc2Br)cc1Cl. The van der Waals surface area contributed by atoms with Gasteiger partial charge in [0.15, 0.2) is 6.61 Å². The lowest BCUT2D eigenvalue weighted by atomic mass is 10.1. The maximum atomic E-state index is 13.0. The summed E-state index contributed by atoms with van der Waals surface area (Å²) >= 11 is 10.5. The number of benzene rings is 4. The molecule has 3 amide bonds. The summed E-state index contributed by atoms with van der Waals surface area (Å²) in [4.78, 5) is 39.6. The first-order valence-electron chi connectivity index (χ1n) is 12.0. The monoisotopic (exact) mass is 620 g/mol. The molecule has 1 aliphatic heterocycles. The van der Waals surface area contributed by atoms with Gasteiger partial charge in [0.2, 0.25) is 0 Å². The lowest BCUT2D eigenvalue weighted by Gasteiger charge is -2.13. The third-order valence-corrected chi connectivity index (χ3v) is 8.03. The first-order chi connectivity index (χ1) is 18.8. The molecule has 0 unspecified atom stereocenters. The molecule has 0 aliphatic carbocycles. The van der Waals surface area contributed by atoms with E-state index in [-0.39, 0.29) is 30.2 Å². The van der Waals surface area contributed by atoms with Crippen molar-refractivity contribution in [1.82, 2.24) is 4.90 Å². The Morgan fingerprint density at radius 3 is 2.59 bits per heavy atom. The topological polar surface area (TPSA) is 75.7 Å². The van der Waals surface area contributed by atoms with Crippen molar-refractivity contribution >= 4 is 78.9 Å². The Bertz CT molecular complexity index is 1660. The quantitative estimate of drug-likeness (QED) is 0.213. The predicted molar refractivity (Wildman–Crippen MR) is 160 cm³/mol. The summed E-state index contributed by atoms with van der Waals surface area (Å²) in [5.74, 6) is -0.192. The van der Waals surface area contributed by atoms with Gasteiger partial charge in [0.05, 0.1) is 15.9 Å².